The van der Waals surface area contributed by atoms with Gasteiger partial charge in [0.1, 0.15) is 12.4 Å². The lowest BCUT2D eigenvalue weighted by Gasteiger charge is -2.08. The smallest absolute Gasteiger partial charge is 0.333 e. The van der Waals surface area contributed by atoms with Crippen molar-refractivity contribution in [2.45, 2.75) is 13.5 Å². The molecule has 4 heteroatoms. The minimum Gasteiger partial charge on any atom is -0.454 e. The standard InChI is InChI=1S/C21H20N2O2/c1-15(2)21(24)25-14-18-22-19(16-10-6-4-7-11-16)20(23(18)3)17-12-8-5-9-13-17/h4-13H,1,14H2,2-3H3. The molecule has 0 spiro atoms. The molecule has 0 saturated carbocycles. The Morgan fingerprint density at radius 1 is 1.04 bits per heavy atom. The van der Waals surface area contributed by atoms with Crippen molar-refractivity contribution in [3.05, 3.63) is 78.6 Å². The largest absolute Gasteiger partial charge is 0.454 e. The molecule has 25 heavy (non-hydrogen) atoms. The lowest BCUT2D eigenvalue weighted by atomic mass is 10.1. The zero-order valence-corrected chi connectivity index (χ0v) is 14.4. The van der Waals surface area contributed by atoms with Gasteiger partial charge in [0.25, 0.3) is 0 Å². The number of hydrogen-bond donors (Lipinski definition) is 0. The van der Waals surface area contributed by atoms with Crippen molar-refractivity contribution in [2.24, 2.45) is 7.05 Å². The van der Waals surface area contributed by atoms with Gasteiger partial charge in [-0.05, 0) is 6.92 Å². The van der Waals surface area contributed by atoms with E-state index >= 15 is 0 Å². The van der Waals surface area contributed by atoms with Crippen molar-refractivity contribution in [3.8, 4) is 22.5 Å². The molecule has 0 N–H and O–H groups in total. The fraction of sp³-hybridized carbons (Fsp3) is 0.143. The third-order valence-corrected chi connectivity index (χ3v) is 3.96. The summed E-state index contributed by atoms with van der Waals surface area (Å²) >= 11 is 0. The summed E-state index contributed by atoms with van der Waals surface area (Å²) in [4.78, 5) is 16.4. The zero-order chi connectivity index (χ0) is 17.8. The van der Waals surface area contributed by atoms with Crippen LogP contribution in [0.1, 0.15) is 12.7 Å². The number of hydrogen-bond acceptors (Lipinski definition) is 3. The van der Waals surface area contributed by atoms with Crippen LogP contribution in [0.15, 0.2) is 72.8 Å². The first kappa shape index (κ1) is 16.7. The monoisotopic (exact) mass is 332 g/mol. The first-order valence-corrected chi connectivity index (χ1v) is 8.07. The Morgan fingerprint density at radius 2 is 1.60 bits per heavy atom. The van der Waals surface area contributed by atoms with Crippen LogP contribution in [-0.2, 0) is 23.2 Å². The average molecular weight is 332 g/mol. The van der Waals surface area contributed by atoms with Gasteiger partial charge in [-0.2, -0.15) is 0 Å². The van der Waals surface area contributed by atoms with Gasteiger partial charge in [-0.3, -0.25) is 0 Å². The van der Waals surface area contributed by atoms with Crippen molar-refractivity contribution < 1.29 is 9.53 Å². The predicted molar refractivity (Wildman–Crippen MR) is 98.7 cm³/mol. The maximum atomic E-state index is 11.7. The number of carbonyl (C=O) groups excluding carboxylic acids is 1. The third kappa shape index (κ3) is 3.53. The summed E-state index contributed by atoms with van der Waals surface area (Å²) in [5.41, 5.74) is 4.33. The molecule has 0 bridgehead atoms. The Bertz CT molecular complexity index is 896. The summed E-state index contributed by atoms with van der Waals surface area (Å²) in [5.74, 6) is 0.276. The highest BCUT2D eigenvalue weighted by Crippen LogP contribution is 2.32. The zero-order valence-electron chi connectivity index (χ0n) is 14.4. The SMILES string of the molecule is C=C(C)C(=O)OCc1nc(-c2ccccc2)c(-c2ccccc2)n1C. The van der Waals surface area contributed by atoms with Crippen molar-refractivity contribution in [1.82, 2.24) is 9.55 Å². The van der Waals surface area contributed by atoms with E-state index in [1.807, 2.05) is 72.3 Å². The van der Waals surface area contributed by atoms with Gasteiger partial charge in [-0.25, -0.2) is 9.78 Å². The van der Waals surface area contributed by atoms with E-state index in [-0.39, 0.29) is 6.61 Å². The highest BCUT2D eigenvalue weighted by Gasteiger charge is 2.18. The van der Waals surface area contributed by atoms with E-state index in [2.05, 4.69) is 6.58 Å². The van der Waals surface area contributed by atoms with E-state index in [9.17, 15) is 4.79 Å². The summed E-state index contributed by atoms with van der Waals surface area (Å²) in [6.07, 6.45) is 0. The predicted octanol–water partition coefficient (Wildman–Crippen LogP) is 4.37. The van der Waals surface area contributed by atoms with E-state index in [1.54, 1.807) is 6.92 Å². The van der Waals surface area contributed by atoms with Gasteiger partial charge in [0.15, 0.2) is 0 Å². The molecule has 1 aromatic heterocycles. The summed E-state index contributed by atoms with van der Waals surface area (Å²) in [7, 11) is 1.94. The molecule has 0 radical (unpaired) electrons. The van der Waals surface area contributed by atoms with E-state index in [0.29, 0.717) is 11.4 Å². The number of nitrogens with zero attached hydrogens (tertiary/aromatic N) is 2. The van der Waals surface area contributed by atoms with E-state index in [0.717, 1.165) is 22.5 Å². The molecule has 3 aromatic rings. The highest BCUT2D eigenvalue weighted by molar-refractivity contribution is 5.87. The van der Waals surface area contributed by atoms with Gasteiger partial charge < -0.3 is 9.30 Å². The lowest BCUT2D eigenvalue weighted by molar-refractivity contribution is -0.140. The van der Waals surface area contributed by atoms with Crippen LogP contribution in [-0.4, -0.2) is 15.5 Å². The number of ether oxygens (including phenoxy) is 1. The minimum absolute atomic E-state index is 0.106. The molecule has 4 nitrogen and oxygen atoms in total. The molecule has 0 amide bonds. The lowest BCUT2D eigenvalue weighted by Crippen LogP contribution is -2.08. The van der Waals surface area contributed by atoms with Crippen molar-refractivity contribution >= 4 is 5.97 Å². The third-order valence-electron chi connectivity index (χ3n) is 3.96. The fourth-order valence-electron chi connectivity index (χ4n) is 2.65. The normalized spacial score (nSPS) is 10.5. The highest BCUT2D eigenvalue weighted by atomic mass is 16.5. The molecule has 1 heterocycles. The molecule has 0 fully saturated rings. The van der Waals surface area contributed by atoms with Gasteiger partial charge >= 0.3 is 5.97 Å². The number of imidazole rings is 1. The molecule has 0 aliphatic carbocycles. The molecule has 3 rings (SSSR count). The Balaban J connectivity index is 2.06. The van der Waals surface area contributed by atoms with Crippen molar-refractivity contribution in [2.75, 3.05) is 0 Å². The Kier molecular flexibility index (Phi) is 4.80. The van der Waals surface area contributed by atoms with Crippen LogP contribution in [0.25, 0.3) is 22.5 Å². The van der Waals surface area contributed by atoms with E-state index in [1.165, 1.54) is 0 Å². The summed E-state index contributed by atoms with van der Waals surface area (Å²) < 4.78 is 7.26. The molecular weight excluding hydrogens is 312 g/mol. The molecule has 0 atom stereocenters. The van der Waals surface area contributed by atoms with Gasteiger partial charge in [0.05, 0.1) is 11.4 Å². The van der Waals surface area contributed by atoms with Crippen LogP contribution in [0.2, 0.25) is 0 Å². The Labute approximate surface area is 147 Å². The van der Waals surface area contributed by atoms with Gasteiger partial charge in [-0.15, -0.1) is 0 Å². The van der Waals surface area contributed by atoms with Crippen LogP contribution >= 0.6 is 0 Å². The maximum absolute atomic E-state index is 11.7. The fourth-order valence-corrected chi connectivity index (χ4v) is 2.65. The minimum atomic E-state index is -0.412. The topological polar surface area (TPSA) is 44.1 Å². The Morgan fingerprint density at radius 3 is 2.16 bits per heavy atom. The van der Waals surface area contributed by atoms with Crippen LogP contribution in [0.5, 0.6) is 0 Å². The number of carbonyl (C=O) groups is 1. The quantitative estimate of drug-likeness (QED) is 0.515. The Hall–Kier alpha value is -3.14. The summed E-state index contributed by atoms with van der Waals surface area (Å²) in [6.45, 7) is 5.34. The van der Waals surface area contributed by atoms with Crippen LogP contribution in [0.4, 0.5) is 0 Å². The number of rotatable bonds is 5. The van der Waals surface area contributed by atoms with Crippen LogP contribution in [0, 0.1) is 0 Å². The van der Waals surface area contributed by atoms with E-state index < -0.39 is 5.97 Å². The van der Waals surface area contributed by atoms with Crippen molar-refractivity contribution in [1.29, 1.82) is 0 Å². The summed E-state index contributed by atoms with van der Waals surface area (Å²) in [5, 5.41) is 0. The molecule has 0 unspecified atom stereocenters. The first-order chi connectivity index (χ1) is 12.1. The molecular formula is C21H20N2O2. The second kappa shape index (κ2) is 7.18. The van der Waals surface area contributed by atoms with Gasteiger partial charge in [-0.1, -0.05) is 67.2 Å². The number of esters is 1. The molecule has 0 saturated heterocycles. The van der Waals surface area contributed by atoms with Crippen molar-refractivity contribution in [3.63, 3.8) is 0 Å². The number of aromatic nitrogens is 2. The molecule has 2 aromatic carbocycles. The first-order valence-electron chi connectivity index (χ1n) is 8.07. The molecule has 0 aliphatic rings. The number of benzene rings is 2. The van der Waals surface area contributed by atoms with Gasteiger partial charge in [0, 0.05) is 23.7 Å². The van der Waals surface area contributed by atoms with Crippen LogP contribution < -0.4 is 0 Å². The van der Waals surface area contributed by atoms with E-state index in [4.69, 9.17) is 9.72 Å². The maximum Gasteiger partial charge on any atom is 0.333 e. The summed E-state index contributed by atoms with van der Waals surface area (Å²) in [6, 6.07) is 20.1. The average Bonchev–Trinajstić information content (AvgIpc) is 2.97. The second-order valence-corrected chi connectivity index (χ2v) is 5.87. The molecule has 126 valence electrons. The second-order valence-electron chi connectivity index (χ2n) is 5.87. The van der Waals surface area contributed by atoms with Gasteiger partial charge in [0.2, 0.25) is 0 Å². The molecule has 0 aliphatic heterocycles. The van der Waals surface area contributed by atoms with Crippen LogP contribution in [0.3, 0.4) is 0 Å².